The van der Waals surface area contributed by atoms with E-state index in [9.17, 15) is 9.59 Å². The van der Waals surface area contributed by atoms with Gasteiger partial charge in [0.05, 0.1) is 0 Å². The molecule has 0 saturated carbocycles. The zero-order valence-corrected chi connectivity index (χ0v) is 17.7. The van der Waals surface area contributed by atoms with Crippen LogP contribution in [0.4, 0.5) is 0 Å². The first-order valence-electron chi connectivity index (χ1n) is 9.61. The third-order valence-electron chi connectivity index (χ3n) is 4.52. The van der Waals surface area contributed by atoms with Crippen LogP contribution in [0.1, 0.15) is 48.9 Å². The monoisotopic (exact) mass is 403 g/mol. The van der Waals surface area contributed by atoms with Crippen LogP contribution in [0.25, 0.3) is 0 Å². The van der Waals surface area contributed by atoms with Crippen molar-refractivity contribution in [1.29, 1.82) is 0 Å². The van der Waals surface area contributed by atoms with Gasteiger partial charge in [-0.25, -0.2) is 0 Å². The summed E-state index contributed by atoms with van der Waals surface area (Å²) in [6.45, 7) is 9.08. The molecule has 1 atom stereocenters. The van der Waals surface area contributed by atoms with Gasteiger partial charge in [-0.3, -0.25) is 14.7 Å². The van der Waals surface area contributed by atoms with E-state index in [1.54, 1.807) is 6.07 Å². The topological polar surface area (TPSA) is 91.8 Å². The summed E-state index contributed by atoms with van der Waals surface area (Å²) >= 11 is 5.18. The Morgan fingerprint density at radius 3 is 2.64 bits per heavy atom. The molecule has 0 aliphatic heterocycles. The zero-order chi connectivity index (χ0) is 20.7. The summed E-state index contributed by atoms with van der Waals surface area (Å²) < 4.78 is 2.47. The van der Waals surface area contributed by atoms with Crippen molar-refractivity contribution in [3.8, 4) is 0 Å². The van der Waals surface area contributed by atoms with Crippen LogP contribution >= 0.6 is 12.2 Å². The molecule has 0 radical (unpaired) electrons. The minimum Gasteiger partial charge on any atom is -0.354 e. The maximum absolute atomic E-state index is 12.7. The minimum atomic E-state index is -0.584. The lowest BCUT2D eigenvalue weighted by atomic mass is 10.0. The van der Waals surface area contributed by atoms with Crippen LogP contribution in [-0.2, 0) is 17.8 Å². The number of nitrogens with zero attached hydrogens (tertiary/aromatic N) is 2. The molecule has 2 aromatic rings. The van der Waals surface area contributed by atoms with Gasteiger partial charge in [0.1, 0.15) is 11.9 Å². The minimum absolute atomic E-state index is 0.187. The Kier molecular flexibility index (Phi) is 7.92. The van der Waals surface area contributed by atoms with Crippen molar-refractivity contribution in [2.24, 2.45) is 5.92 Å². The van der Waals surface area contributed by atoms with Crippen LogP contribution in [0.15, 0.2) is 24.3 Å². The van der Waals surface area contributed by atoms with Gasteiger partial charge in [0, 0.05) is 25.1 Å². The lowest BCUT2D eigenvalue weighted by Crippen LogP contribution is -2.48. The second kappa shape index (κ2) is 10.2. The van der Waals surface area contributed by atoms with Crippen molar-refractivity contribution in [1.82, 2.24) is 25.4 Å². The van der Waals surface area contributed by atoms with E-state index in [0.29, 0.717) is 29.7 Å². The van der Waals surface area contributed by atoms with Crippen LogP contribution in [0, 0.1) is 17.6 Å². The van der Waals surface area contributed by atoms with E-state index in [0.717, 1.165) is 17.9 Å². The lowest BCUT2D eigenvalue weighted by Gasteiger charge is -2.20. The molecule has 2 amide bonds. The summed E-state index contributed by atoms with van der Waals surface area (Å²) in [4.78, 5) is 25.3. The van der Waals surface area contributed by atoms with Gasteiger partial charge in [-0.05, 0) is 50.0 Å². The normalized spacial score (nSPS) is 12.0. The fourth-order valence-electron chi connectivity index (χ4n) is 3.05. The quantitative estimate of drug-likeness (QED) is 0.562. The van der Waals surface area contributed by atoms with Crippen LogP contribution in [-0.4, -0.2) is 39.2 Å². The molecule has 3 N–H and O–H groups in total. The summed E-state index contributed by atoms with van der Waals surface area (Å²) in [6.07, 6.45) is 1.13. The molecule has 0 spiro atoms. The number of carbonyl (C=O) groups excluding carboxylic acids is 2. The molecule has 1 aromatic carbocycles. The summed E-state index contributed by atoms with van der Waals surface area (Å²) in [5.41, 5.74) is 1.47. The number of benzene rings is 1. The Labute approximate surface area is 170 Å². The van der Waals surface area contributed by atoms with Crippen LogP contribution in [0.2, 0.25) is 0 Å². The van der Waals surface area contributed by atoms with Gasteiger partial charge in [0.2, 0.25) is 5.91 Å². The number of amides is 2. The van der Waals surface area contributed by atoms with Crippen molar-refractivity contribution in [3.05, 3.63) is 46.0 Å². The third kappa shape index (κ3) is 5.76. The van der Waals surface area contributed by atoms with E-state index >= 15 is 0 Å². The van der Waals surface area contributed by atoms with Gasteiger partial charge in [-0.2, -0.15) is 5.10 Å². The van der Waals surface area contributed by atoms with E-state index in [1.807, 2.05) is 50.5 Å². The number of aryl methyl sites for hydroxylation is 1. The van der Waals surface area contributed by atoms with E-state index in [2.05, 4.69) is 20.8 Å². The molecular weight excluding hydrogens is 374 g/mol. The molecule has 1 heterocycles. The van der Waals surface area contributed by atoms with Crippen molar-refractivity contribution in [3.63, 3.8) is 0 Å². The van der Waals surface area contributed by atoms with Gasteiger partial charge in [0.15, 0.2) is 4.77 Å². The van der Waals surface area contributed by atoms with E-state index < -0.39 is 6.04 Å². The Bertz CT molecular complexity index is 871. The van der Waals surface area contributed by atoms with Gasteiger partial charge in [-0.15, -0.1) is 0 Å². The molecule has 7 nitrogen and oxygen atoms in total. The molecule has 0 bridgehead atoms. The molecule has 1 aromatic heterocycles. The summed E-state index contributed by atoms with van der Waals surface area (Å²) in [5.74, 6) is 0.653. The average Bonchev–Trinajstić information content (AvgIpc) is 3.00. The fourth-order valence-corrected chi connectivity index (χ4v) is 3.33. The lowest BCUT2D eigenvalue weighted by molar-refractivity contribution is -0.123. The van der Waals surface area contributed by atoms with Crippen molar-refractivity contribution in [2.45, 2.75) is 53.1 Å². The van der Waals surface area contributed by atoms with Crippen LogP contribution in [0.3, 0.4) is 0 Å². The Morgan fingerprint density at radius 1 is 1.29 bits per heavy atom. The van der Waals surface area contributed by atoms with Gasteiger partial charge < -0.3 is 15.2 Å². The van der Waals surface area contributed by atoms with Crippen molar-refractivity contribution < 1.29 is 9.59 Å². The molecule has 0 aliphatic carbocycles. The average molecular weight is 404 g/mol. The number of hydrogen-bond donors (Lipinski definition) is 3. The molecule has 0 aliphatic rings. The number of carbonyl (C=O) groups is 2. The number of rotatable bonds is 9. The molecule has 28 heavy (non-hydrogen) atoms. The standard InChI is InChI=1S/C20H29N5O2S/c1-5-25-17(23-24-20(25)28)10-11-21-19(27)16(12-13(2)3)22-18(26)15-9-7-6-8-14(15)4/h6-9,13,16H,5,10-12H2,1-4H3,(H,21,27)(H,22,26)(H,24,28). The maximum Gasteiger partial charge on any atom is 0.252 e. The molecule has 2 rings (SSSR count). The fraction of sp³-hybridized carbons (Fsp3) is 0.500. The Hall–Kier alpha value is -2.48. The van der Waals surface area contributed by atoms with Gasteiger partial charge in [-0.1, -0.05) is 32.0 Å². The van der Waals surface area contributed by atoms with Crippen molar-refractivity contribution >= 4 is 24.0 Å². The van der Waals surface area contributed by atoms with E-state index in [4.69, 9.17) is 12.2 Å². The smallest absolute Gasteiger partial charge is 0.252 e. The Balaban J connectivity index is 1.99. The van der Waals surface area contributed by atoms with E-state index in [-0.39, 0.29) is 17.7 Å². The predicted molar refractivity (Wildman–Crippen MR) is 112 cm³/mol. The number of aromatic nitrogens is 3. The number of nitrogens with one attached hydrogen (secondary N) is 3. The first-order chi connectivity index (χ1) is 13.3. The second-order valence-corrected chi connectivity index (χ2v) is 7.59. The van der Waals surface area contributed by atoms with E-state index in [1.165, 1.54) is 0 Å². The number of H-pyrrole nitrogens is 1. The summed E-state index contributed by atoms with van der Waals surface area (Å²) in [5, 5.41) is 12.8. The molecule has 152 valence electrons. The van der Waals surface area contributed by atoms with Crippen molar-refractivity contribution in [2.75, 3.05) is 6.54 Å². The highest BCUT2D eigenvalue weighted by molar-refractivity contribution is 7.71. The highest BCUT2D eigenvalue weighted by Gasteiger charge is 2.23. The second-order valence-electron chi connectivity index (χ2n) is 7.20. The molecule has 0 fully saturated rings. The largest absolute Gasteiger partial charge is 0.354 e. The molecule has 8 heteroatoms. The number of aromatic amines is 1. The first kappa shape index (κ1) is 21.8. The maximum atomic E-state index is 12.7. The Morgan fingerprint density at radius 2 is 2.00 bits per heavy atom. The van der Waals surface area contributed by atoms with Gasteiger partial charge >= 0.3 is 0 Å². The van der Waals surface area contributed by atoms with Gasteiger partial charge in [0.25, 0.3) is 5.91 Å². The molecule has 1 unspecified atom stereocenters. The van der Waals surface area contributed by atoms with Crippen LogP contribution in [0.5, 0.6) is 0 Å². The molecular formula is C20H29N5O2S. The summed E-state index contributed by atoms with van der Waals surface area (Å²) in [7, 11) is 0. The van der Waals surface area contributed by atoms with Crippen LogP contribution < -0.4 is 10.6 Å². The highest BCUT2D eigenvalue weighted by atomic mass is 32.1. The third-order valence-corrected chi connectivity index (χ3v) is 4.83. The highest BCUT2D eigenvalue weighted by Crippen LogP contribution is 2.10. The zero-order valence-electron chi connectivity index (χ0n) is 16.9. The first-order valence-corrected chi connectivity index (χ1v) is 10.0. The predicted octanol–water partition coefficient (Wildman–Crippen LogP) is 2.77. The summed E-state index contributed by atoms with van der Waals surface area (Å²) in [6, 6.07) is 6.77. The number of hydrogen-bond acceptors (Lipinski definition) is 4. The SMILES string of the molecule is CCn1c(CCNC(=O)C(CC(C)C)NC(=O)c2ccccc2C)n[nH]c1=S. The molecule has 0 saturated heterocycles.